The van der Waals surface area contributed by atoms with Gasteiger partial charge in [-0.1, -0.05) is 20.3 Å². The van der Waals surface area contributed by atoms with E-state index in [-0.39, 0.29) is 30.3 Å². The summed E-state index contributed by atoms with van der Waals surface area (Å²) in [6.07, 6.45) is 0.953. The first kappa shape index (κ1) is 16.2. The molecule has 1 unspecified atom stereocenters. The highest BCUT2D eigenvalue weighted by Gasteiger charge is 2.22. The fourth-order valence-corrected chi connectivity index (χ4v) is 1.24. The van der Waals surface area contributed by atoms with Crippen LogP contribution in [0.3, 0.4) is 0 Å². The van der Waals surface area contributed by atoms with Crippen LogP contribution >= 0.6 is 12.4 Å². The molecular formula is C10H23ClN2O. The van der Waals surface area contributed by atoms with E-state index in [4.69, 9.17) is 5.73 Å². The van der Waals surface area contributed by atoms with Crippen LogP contribution in [0.15, 0.2) is 0 Å². The smallest absolute Gasteiger partial charge is 0.239 e. The summed E-state index contributed by atoms with van der Waals surface area (Å²) in [7, 11) is 0. The lowest BCUT2D eigenvalue weighted by atomic mass is 9.99. The highest BCUT2D eigenvalue weighted by atomic mass is 35.5. The molecule has 0 radical (unpaired) electrons. The van der Waals surface area contributed by atoms with Crippen molar-refractivity contribution in [2.24, 2.45) is 11.7 Å². The topological polar surface area (TPSA) is 46.3 Å². The van der Waals surface area contributed by atoms with Crippen LogP contribution in [-0.4, -0.2) is 29.9 Å². The predicted molar refractivity (Wildman–Crippen MR) is 62.6 cm³/mol. The zero-order chi connectivity index (χ0) is 10.4. The van der Waals surface area contributed by atoms with Gasteiger partial charge in [0, 0.05) is 13.1 Å². The average molecular weight is 223 g/mol. The van der Waals surface area contributed by atoms with Crippen LogP contribution in [0.4, 0.5) is 0 Å². The highest BCUT2D eigenvalue weighted by molar-refractivity contribution is 5.85. The molecule has 1 amide bonds. The summed E-state index contributed by atoms with van der Waals surface area (Å²) in [5.41, 5.74) is 5.83. The molecule has 0 aromatic rings. The third kappa shape index (κ3) is 4.29. The Bertz CT molecular complexity index is 160. The number of rotatable bonds is 5. The summed E-state index contributed by atoms with van der Waals surface area (Å²) in [5, 5.41) is 0. The fourth-order valence-electron chi connectivity index (χ4n) is 1.24. The second-order valence-corrected chi connectivity index (χ2v) is 3.42. The molecule has 3 nitrogen and oxygen atoms in total. The predicted octanol–water partition coefficient (Wildman–Crippen LogP) is 1.65. The van der Waals surface area contributed by atoms with Crippen molar-refractivity contribution >= 4 is 18.3 Å². The van der Waals surface area contributed by atoms with Crippen LogP contribution in [0.25, 0.3) is 0 Å². The van der Waals surface area contributed by atoms with E-state index in [1.807, 2.05) is 20.8 Å². The number of nitrogens with two attached hydrogens (primary N) is 1. The summed E-state index contributed by atoms with van der Waals surface area (Å²) < 4.78 is 0. The van der Waals surface area contributed by atoms with Gasteiger partial charge in [-0.05, 0) is 19.8 Å². The maximum Gasteiger partial charge on any atom is 0.239 e. The van der Waals surface area contributed by atoms with Crippen LogP contribution in [0, 0.1) is 5.92 Å². The monoisotopic (exact) mass is 222 g/mol. The van der Waals surface area contributed by atoms with E-state index in [0.717, 1.165) is 19.5 Å². The van der Waals surface area contributed by atoms with Crippen LogP contribution in [0.5, 0.6) is 0 Å². The van der Waals surface area contributed by atoms with Crippen molar-refractivity contribution in [2.45, 2.75) is 40.2 Å². The molecule has 0 saturated heterocycles. The Hall–Kier alpha value is -0.280. The Balaban J connectivity index is 0. The van der Waals surface area contributed by atoms with Crippen molar-refractivity contribution in [3.63, 3.8) is 0 Å². The van der Waals surface area contributed by atoms with Gasteiger partial charge in [-0.3, -0.25) is 4.79 Å². The summed E-state index contributed by atoms with van der Waals surface area (Å²) in [4.78, 5) is 13.5. The zero-order valence-corrected chi connectivity index (χ0v) is 10.4. The first-order valence-electron chi connectivity index (χ1n) is 5.12. The van der Waals surface area contributed by atoms with E-state index in [9.17, 15) is 4.79 Å². The Morgan fingerprint density at radius 2 is 1.71 bits per heavy atom. The molecule has 0 fully saturated rings. The second kappa shape index (κ2) is 8.06. The van der Waals surface area contributed by atoms with Gasteiger partial charge in [-0.25, -0.2) is 0 Å². The number of carbonyl (C=O) groups excluding carboxylic acids is 1. The molecule has 2 N–H and O–H groups in total. The number of halogens is 1. The summed E-state index contributed by atoms with van der Waals surface area (Å²) in [6.45, 7) is 9.53. The maximum atomic E-state index is 11.7. The number of nitrogens with zero attached hydrogens (tertiary/aromatic N) is 1. The van der Waals surface area contributed by atoms with E-state index >= 15 is 0 Å². The minimum absolute atomic E-state index is 0. The Kier molecular flexibility index (Phi) is 9.31. The van der Waals surface area contributed by atoms with Crippen molar-refractivity contribution < 1.29 is 4.79 Å². The molecule has 0 rings (SSSR count). The fraction of sp³-hybridized carbons (Fsp3) is 0.900. The van der Waals surface area contributed by atoms with Crippen molar-refractivity contribution in [1.82, 2.24) is 4.90 Å². The number of amides is 1. The van der Waals surface area contributed by atoms with Crippen molar-refractivity contribution in [1.29, 1.82) is 0 Å². The van der Waals surface area contributed by atoms with E-state index in [1.165, 1.54) is 0 Å². The molecule has 0 bridgehead atoms. The van der Waals surface area contributed by atoms with E-state index in [2.05, 4.69) is 6.92 Å². The second-order valence-electron chi connectivity index (χ2n) is 3.42. The van der Waals surface area contributed by atoms with Crippen LogP contribution < -0.4 is 5.73 Å². The largest absolute Gasteiger partial charge is 0.342 e. The molecule has 4 heteroatoms. The normalized spacial score (nSPS) is 14.1. The van der Waals surface area contributed by atoms with Gasteiger partial charge in [0.2, 0.25) is 5.91 Å². The SMILES string of the molecule is CCC(C)[C@H](N)C(=O)N(CC)CC.Cl. The molecule has 86 valence electrons. The molecule has 0 aliphatic carbocycles. The lowest BCUT2D eigenvalue weighted by Gasteiger charge is -2.25. The third-order valence-corrected chi connectivity index (χ3v) is 2.62. The first-order chi connectivity index (χ1) is 6.08. The van der Waals surface area contributed by atoms with Gasteiger partial charge in [-0.2, -0.15) is 0 Å². The van der Waals surface area contributed by atoms with Crippen LogP contribution in [0.1, 0.15) is 34.1 Å². The van der Waals surface area contributed by atoms with E-state index in [1.54, 1.807) is 4.90 Å². The summed E-state index contributed by atoms with van der Waals surface area (Å²) in [5.74, 6) is 0.354. The van der Waals surface area contributed by atoms with E-state index in [0.29, 0.717) is 0 Å². The Labute approximate surface area is 93.4 Å². The van der Waals surface area contributed by atoms with Gasteiger partial charge in [0.05, 0.1) is 6.04 Å². The molecule has 0 saturated carbocycles. The number of hydrogen-bond donors (Lipinski definition) is 1. The van der Waals surface area contributed by atoms with Crippen molar-refractivity contribution in [3.8, 4) is 0 Å². The van der Waals surface area contributed by atoms with Gasteiger partial charge in [0.15, 0.2) is 0 Å². The number of likely N-dealkylation sites (N-methyl/N-ethyl adjacent to an activating group) is 1. The number of hydrogen-bond acceptors (Lipinski definition) is 2. The summed E-state index contributed by atoms with van der Waals surface area (Å²) in [6, 6.07) is -0.329. The molecule has 0 aromatic carbocycles. The Morgan fingerprint density at radius 1 is 1.29 bits per heavy atom. The molecule has 0 heterocycles. The standard InChI is InChI=1S/C10H22N2O.ClH/c1-5-8(4)9(11)10(13)12(6-2)7-3;/h8-9H,5-7,11H2,1-4H3;1H/t8?,9-;/m0./s1. The molecule has 0 spiro atoms. The molecule has 14 heavy (non-hydrogen) atoms. The van der Waals surface area contributed by atoms with Gasteiger partial charge in [0.1, 0.15) is 0 Å². The lowest BCUT2D eigenvalue weighted by molar-refractivity contribution is -0.133. The first-order valence-corrected chi connectivity index (χ1v) is 5.12. The molecular weight excluding hydrogens is 200 g/mol. The average Bonchev–Trinajstić information content (AvgIpc) is 2.17. The van der Waals surface area contributed by atoms with Gasteiger partial charge in [-0.15, -0.1) is 12.4 Å². The minimum atomic E-state index is -0.329. The van der Waals surface area contributed by atoms with Crippen molar-refractivity contribution in [2.75, 3.05) is 13.1 Å². The molecule has 0 aliphatic heterocycles. The molecule has 0 aliphatic rings. The third-order valence-electron chi connectivity index (χ3n) is 2.62. The minimum Gasteiger partial charge on any atom is -0.342 e. The highest BCUT2D eigenvalue weighted by Crippen LogP contribution is 2.08. The number of carbonyl (C=O) groups is 1. The quantitative estimate of drug-likeness (QED) is 0.769. The maximum absolute atomic E-state index is 11.7. The van der Waals surface area contributed by atoms with Crippen LogP contribution in [-0.2, 0) is 4.79 Å². The lowest BCUT2D eigenvalue weighted by Crippen LogP contribution is -2.46. The van der Waals surface area contributed by atoms with Gasteiger partial charge >= 0.3 is 0 Å². The van der Waals surface area contributed by atoms with Crippen molar-refractivity contribution in [3.05, 3.63) is 0 Å². The zero-order valence-electron chi connectivity index (χ0n) is 9.62. The summed E-state index contributed by atoms with van der Waals surface area (Å²) >= 11 is 0. The molecule has 0 aromatic heterocycles. The Morgan fingerprint density at radius 3 is 2.00 bits per heavy atom. The van der Waals surface area contributed by atoms with Gasteiger partial charge < -0.3 is 10.6 Å². The van der Waals surface area contributed by atoms with Crippen LogP contribution in [0.2, 0.25) is 0 Å². The molecule has 2 atom stereocenters. The van der Waals surface area contributed by atoms with Gasteiger partial charge in [0.25, 0.3) is 0 Å². The van der Waals surface area contributed by atoms with E-state index < -0.39 is 0 Å².